The number of aryl methyl sites for hydroxylation is 1. The Morgan fingerprint density at radius 3 is 2.86 bits per heavy atom. The first-order valence-electron chi connectivity index (χ1n) is 8.55. The number of benzene rings is 1. The minimum Gasteiger partial charge on any atom is -0.307 e. The van der Waals surface area contributed by atoms with Crippen molar-refractivity contribution in [1.82, 2.24) is 5.32 Å². The van der Waals surface area contributed by atoms with Gasteiger partial charge in [0.15, 0.2) is 0 Å². The fourth-order valence-corrected chi connectivity index (χ4v) is 5.24. The standard InChI is InChI=1S/C19H29NS/c1-4-21-16-10-9-15(13-16)20-18-17-8-6-5-7-14(17)11-12-19(18,2)3/h5-8,15-16,18,20H,4,9-13H2,1-3H3. The SMILES string of the molecule is CCSC1CCC(NC2c3ccccc3CCC2(C)C)C1. The number of hydrogen-bond acceptors (Lipinski definition) is 2. The van der Waals surface area contributed by atoms with Crippen LogP contribution in [0.4, 0.5) is 0 Å². The third-order valence-corrected chi connectivity index (χ3v) is 6.61. The zero-order valence-electron chi connectivity index (χ0n) is 13.7. The Kier molecular flexibility index (Phi) is 4.66. The number of nitrogens with one attached hydrogen (secondary N) is 1. The van der Waals surface area contributed by atoms with Gasteiger partial charge in [0.25, 0.3) is 0 Å². The van der Waals surface area contributed by atoms with Crippen LogP contribution in [0.5, 0.6) is 0 Å². The molecule has 0 amide bonds. The van der Waals surface area contributed by atoms with Gasteiger partial charge in [-0.1, -0.05) is 45.0 Å². The first-order valence-corrected chi connectivity index (χ1v) is 9.60. The zero-order valence-corrected chi connectivity index (χ0v) is 14.5. The largest absolute Gasteiger partial charge is 0.307 e. The molecule has 2 aliphatic carbocycles. The molecule has 1 saturated carbocycles. The molecule has 1 aromatic rings. The first-order chi connectivity index (χ1) is 10.1. The van der Waals surface area contributed by atoms with Crippen LogP contribution in [0.1, 0.15) is 63.6 Å². The van der Waals surface area contributed by atoms with Crippen LogP contribution in [0, 0.1) is 5.41 Å². The summed E-state index contributed by atoms with van der Waals surface area (Å²) in [6.07, 6.45) is 6.63. The van der Waals surface area contributed by atoms with Gasteiger partial charge in [0, 0.05) is 17.3 Å². The molecule has 0 aliphatic heterocycles. The average Bonchev–Trinajstić information content (AvgIpc) is 2.90. The Labute approximate surface area is 134 Å². The summed E-state index contributed by atoms with van der Waals surface area (Å²) in [7, 11) is 0. The minimum absolute atomic E-state index is 0.365. The van der Waals surface area contributed by atoms with E-state index in [0.717, 1.165) is 5.25 Å². The highest BCUT2D eigenvalue weighted by atomic mass is 32.2. The van der Waals surface area contributed by atoms with Crippen molar-refractivity contribution in [2.45, 2.75) is 70.2 Å². The molecule has 1 nitrogen and oxygen atoms in total. The summed E-state index contributed by atoms with van der Waals surface area (Å²) in [4.78, 5) is 0. The molecule has 2 heteroatoms. The van der Waals surface area contributed by atoms with Gasteiger partial charge in [-0.3, -0.25) is 0 Å². The highest BCUT2D eigenvalue weighted by molar-refractivity contribution is 7.99. The molecule has 0 spiro atoms. The van der Waals surface area contributed by atoms with E-state index in [1.54, 1.807) is 11.1 Å². The average molecular weight is 304 g/mol. The highest BCUT2D eigenvalue weighted by Gasteiger charge is 2.38. The molecule has 1 aromatic carbocycles. The second-order valence-electron chi connectivity index (χ2n) is 7.37. The molecule has 2 aliphatic rings. The van der Waals surface area contributed by atoms with Gasteiger partial charge in [-0.25, -0.2) is 0 Å². The molecule has 3 rings (SSSR count). The van der Waals surface area contributed by atoms with Gasteiger partial charge in [-0.15, -0.1) is 0 Å². The Hall–Kier alpha value is -0.470. The van der Waals surface area contributed by atoms with E-state index in [-0.39, 0.29) is 0 Å². The monoisotopic (exact) mass is 303 g/mol. The first kappa shape index (κ1) is 15.4. The van der Waals surface area contributed by atoms with Crippen molar-refractivity contribution in [2.75, 3.05) is 5.75 Å². The van der Waals surface area contributed by atoms with Crippen molar-refractivity contribution < 1.29 is 0 Å². The van der Waals surface area contributed by atoms with Gasteiger partial charge in [0.05, 0.1) is 0 Å². The third-order valence-electron chi connectivity index (χ3n) is 5.38. The number of hydrogen-bond donors (Lipinski definition) is 1. The lowest BCUT2D eigenvalue weighted by Gasteiger charge is -2.42. The van der Waals surface area contributed by atoms with Crippen molar-refractivity contribution in [1.29, 1.82) is 0 Å². The molecule has 0 aromatic heterocycles. The highest BCUT2D eigenvalue weighted by Crippen LogP contribution is 2.44. The Morgan fingerprint density at radius 2 is 2.05 bits per heavy atom. The quantitative estimate of drug-likeness (QED) is 0.843. The van der Waals surface area contributed by atoms with E-state index in [4.69, 9.17) is 0 Å². The van der Waals surface area contributed by atoms with E-state index >= 15 is 0 Å². The van der Waals surface area contributed by atoms with E-state index in [1.165, 1.54) is 37.9 Å². The normalized spacial score (nSPS) is 31.1. The van der Waals surface area contributed by atoms with Gasteiger partial charge >= 0.3 is 0 Å². The van der Waals surface area contributed by atoms with Gasteiger partial charge < -0.3 is 5.32 Å². The number of thioether (sulfide) groups is 1. The lowest BCUT2D eigenvalue weighted by molar-refractivity contribution is 0.193. The van der Waals surface area contributed by atoms with E-state index in [1.807, 2.05) is 0 Å². The van der Waals surface area contributed by atoms with E-state index in [9.17, 15) is 0 Å². The zero-order chi connectivity index (χ0) is 14.9. The van der Waals surface area contributed by atoms with Gasteiger partial charge in [0.1, 0.15) is 0 Å². The van der Waals surface area contributed by atoms with Crippen molar-refractivity contribution in [2.24, 2.45) is 5.41 Å². The smallest absolute Gasteiger partial charge is 0.0376 e. The van der Waals surface area contributed by atoms with Crippen molar-refractivity contribution in [3.8, 4) is 0 Å². The van der Waals surface area contributed by atoms with Gasteiger partial charge in [-0.2, -0.15) is 11.8 Å². The molecule has 116 valence electrons. The molecule has 0 bridgehead atoms. The maximum absolute atomic E-state index is 4.04. The molecule has 0 radical (unpaired) electrons. The van der Waals surface area contributed by atoms with Crippen molar-refractivity contribution in [3.63, 3.8) is 0 Å². The van der Waals surface area contributed by atoms with Crippen LogP contribution in [0.3, 0.4) is 0 Å². The molecular weight excluding hydrogens is 274 g/mol. The fraction of sp³-hybridized carbons (Fsp3) is 0.684. The van der Waals surface area contributed by atoms with Crippen LogP contribution in [-0.4, -0.2) is 17.0 Å². The topological polar surface area (TPSA) is 12.0 Å². The molecule has 21 heavy (non-hydrogen) atoms. The summed E-state index contributed by atoms with van der Waals surface area (Å²) in [6.45, 7) is 7.16. The van der Waals surface area contributed by atoms with E-state index < -0.39 is 0 Å². The molecular formula is C19H29NS. The Bertz CT molecular complexity index is 482. The lowest BCUT2D eigenvalue weighted by Crippen LogP contribution is -2.42. The molecule has 1 fully saturated rings. The summed E-state index contributed by atoms with van der Waals surface area (Å²) in [5.41, 5.74) is 3.48. The number of rotatable bonds is 4. The van der Waals surface area contributed by atoms with Crippen LogP contribution in [0.2, 0.25) is 0 Å². The summed E-state index contributed by atoms with van der Waals surface area (Å²) in [5.74, 6) is 1.26. The molecule has 3 unspecified atom stereocenters. The Balaban J connectivity index is 1.74. The maximum Gasteiger partial charge on any atom is 0.0376 e. The van der Waals surface area contributed by atoms with Crippen LogP contribution in [0.15, 0.2) is 24.3 Å². The van der Waals surface area contributed by atoms with Crippen molar-refractivity contribution >= 4 is 11.8 Å². The maximum atomic E-state index is 4.04. The number of fused-ring (bicyclic) bond motifs is 1. The van der Waals surface area contributed by atoms with Crippen molar-refractivity contribution in [3.05, 3.63) is 35.4 Å². The summed E-state index contributed by atoms with van der Waals surface area (Å²) >= 11 is 2.15. The van der Waals surface area contributed by atoms with Gasteiger partial charge in [0.2, 0.25) is 0 Å². The van der Waals surface area contributed by atoms with E-state index in [0.29, 0.717) is 17.5 Å². The second-order valence-corrected chi connectivity index (χ2v) is 8.95. The summed E-state index contributed by atoms with van der Waals surface area (Å²) < 4.78 is 0. The lowest BCUT2D eigenvalue weighted by atomic mass is 9.70. The predicted molar refractivity (Wildman–Crippen MR) is 94.0 cm³/mol. The van der Waals surface area contributed by atoms with Gasteiger partial charge in [-0.05, 0) is 54.4 Å². The summed E-state index contributed by atoms with van der Waals surface area (Å²) in [6, 6.07) is 10.3. The second kappa shape index (κ2) is 6.34. The molecule has 1 N–H and O–H groups in total. The van der Waals surface area contributed by atoms with Crippen LogP contribution in [-0.2, 0) is 6.42 Å². The fourth-order valence-electron chi connectivity index (χ4n) is 4.10. The van der Waals surface area contributed by atoms with Crippen LogP contribution >= 0.6 is 11.8 Å². The Morgan fingerprint density at radius 1 is 1.24 bits per heavy atom. The van der Waals surface area contributed by atoms with Crippen LogP contribution < -0.4 is 5.32 Å². The molecule has 0 saturated heterocycles. The predicted octanol–water partition coefficient (Wildman–Crippen LogP) is 4.96. The molecule has 0 heterocycles. The van der Waals surface area contributed by atoms with E-state index in [2.05, 4.69) is 62.1 Å². The summed E-state index contributed by atoms with van der Waals surface area (Å²) in [5, 5.41) is 4.92. The van der Waals surface area contributed by atoms with Crippen LogP contribution in [0.25, 0.3) is 0 Å². The third kappa shape index (κ3) is 3.32. The molecule has 3 atom stereocenters. The minimum atomic E-state index is 0.365.